The van der Waals surface area contributed by atoms with Crippen LogP contribution in [-0.2, 0) is 37.0 Å². The summed E-state index contributed by atoms with van der Waals surface area (Å²) in [6, 6.07) is 11.4. The molecular formula is C35H30N6+2. The third-order valence-corrected chi connectivity index (χ3v) is 10.8. The van der Waals surface area contributed by atoms with Gasteiger partial charge in [0.2, 0.25) is 0 Å². The van der Waals surface area contributed by atoms with E-state index in [0.29, 0.717) is 0 Å². The molecule has 198 valence electrons. The van der Waals surface area contributed by atoms with Gasteiger partial charge < -0.3 is 0 Å². The van der Waals surface area contributed by atoms with Crippen LogP contribution in [0.15, 0.2) is 67.5 Å². The molecule has 3 aromatic heterocycles. The Bertz CT molecular complexity index is 1940. The van der Waals surface area contributed by atoms with Gasteiger partial charge >= 0.3 is 5.82 Å². The molecule has 0 radical (unpaired) electrons. The number of pyridine rings is 2. The topological polar surface area (TPSA) is 85.6 Å². The van der Waals surface area contributed by atoms with Gasteiger partial charge in [-0.05, 0) is 68.5 Å². The molecule has 6 heteroatoms. The SMILES string of the molecule is CCc1cncc2c1C1(N)c3c(ccc4c3C3c5c-4ccc4c5C(N)(c5c(CC)cncc5C4)[n+]4ccc[n+]1c43)C2. The van der Waals surface area contributed by atoms with Gasteiger partial charge in [0, 0.05) is 37.6 Å². The summed E-state index contributed by atoms with van der Waals surface area (Å²) in [6.07, 6.45) is 15.9. The predicted molar refractivity (Wildman–Crippen MR) is 153 cm³/mol. The number of nitrogens with two attached hydrogens (primary N) is 2. The number of nitrogens with zero attached hydrogens (tertiary/aromatic N) is 4. The van der Waals surface area contributed by atoms with Crippen molar-refractivity contribution in [2.45, 2.75) is 56.8 Å². The molecule has 2 aromatic carbocycles. The second kappa shape index (κ2) is 6.96. The third kappa shape index (κ3) is 2.21. The summed E-state index contributed by atoms with van der Waals surface area (Å²) in [4.78, 5) is 9.29. The Kier molecular flexibility index (Phi) is 3.81. The van der Waals surface area contributed by atoms with Gasteiger partial charge in [-0.3, -0.25) is 21.4 Å². The molecule has 2 atom stereocenters. The molecule has 0 amide bonds. The maximum atomic E-state index is 7.90. The number of fused-ring (bicyclic) bond motifs is 7. The predicted octanol–water partition coefficient (Wildman–Crippen LogP) is 3.19. The molecule has 5 aliphatic rings. The van der Waals surface area contributed by atoms with Gasteiger partial charge in [-0.25, -0.2) is 0 Å². The molecule has 4 N–H and O–H groups in total. The number of aromatic nitrogens is 4. The van der Waals surface area contributed by atoms with Crippen molar-refractivity contribution < 1.29 is 9.13 Å². The molecule has 2 unspecified atom stereocenters. The van der Waals surface area contributed by atoms with Gasteiger partial charge in [0.1, 0.15) is 0 Å². The molecule has 2 aliphatic heterocycles. The van der Waals surface area contributed by atoms with Crippen LogP contribution in [0.2, 0.25) is 0 Å². The average Bonchev–Trinajstić information content (AvgIpc) is 3.34. The number of hydrogen-bond acceptors (Lipinski definition) is 4. The molecule has 5 aromatic rings. The lowest BCUT2D eigenvalue weighted by Crippen LogP contribution is -2.79. The lowest BCUT2D eigenvalue weighted by atomic mass is 9.66. The minimum atomic E-state index is -0.862. The van der Waals surface area contributed by atoms with Crippen molar-refractivity contribution in [1.29, 1.82) is 0 Å². The van der Waals surface area contributed by atoms with Gasteiger partial charge in [0.15, 0.2) is 18.3 Å². The van der Waals surface area contributed by atoms with E-state index in [-0.39, 0.29) is 5.92 Å². The quantitative estimate of drug-likeness (QED) is 0.334. The van der Waals surface area contributed by atoms with Crippen LogP contribution >= 0.6 is 0 Å². The fourth-order valence-corrected chi connectivity index (χ4v) is 9.38. The van der Waals surface area contributed by atoms with Crippen LogP contribution in [0.1, 0.15) is 92.4 Å². The van der Waals surface area contributed by atoms with Gasteiger partial charge in [0.05, 0.1) is 28.3 Å². The van der Waals surface area contributed by atoms with E-state index in [1.165, 1.54) is 77.9 Å². The van der Waals surface area contributed by atoms with Crippen molar-refractivity contribution in [3.05, 3.63) is 140 Å². The molecule has 0 fully saturated rings. The maximum absolute atomic E-state index is 7.90. The van der Waals surface area contributed by atoms with E-state index in [2.05, 4.69) is 75.7 Å². The Balaban J connectivity index is 1.43. The zero-order valence-corrected chi connectivity index (χ0v) is 23.2. The first-order valence-electron chi connectivity index (χ1n) is 14.8. The molecule has 0 bridgehead atoms. The fourth-order valence-electron chi connectivity index (χ4n) is 9.38. The van der Waals surface area contributed by atoms with Gasteiger partial charge in [-0.2, -0.15) is 0 Å². The van der Waals surface area contributed by atoms with Crippen molar-refractivity contribution in [3.63, 3.8) is 0 Å². The van der Waals surface area contributed by atoms with E-state index in [1.807, 2.05) is 24.8 Å². The molecule has 0 saturated carbocycles. The fraction of sp³-hybridized carbons (Fsp3) is 0.257. The van der Waals surface area contributed by atoms with Crippen LogP contribution in [0.3, 0.4) is 0 Å². The number of benzene rings is 2. The highest BCUT2D eigenvalue weighted by Crippen LogP contribution is 2.60. The zero-order valence-electron chi connectivity index (χ0n) is 23.2. The summed E-state index contributed by atoms with van der Waals surface area (Å²) >= 11 is 0. The zero-order chi connectivity index (χ0) is 27.4. The minimum absolute atomic E-state index is 0.0846. The highest BCUT2D eigenvalue weighted by atomic mass is 15.3. The van der Waals surface area contributed by atoms with E-state index in [4.69, 9.17) is 11.5 Å². The minimum Gasteiger partial charge on any atom is -0.264 e. The van der Waals surface area contributed by atoms with Crippen molar-refractivity contribution >= 4 is 0 Å². The van der Waals surface area contributed by atoms with Crippen LogP contribution in [0, 0.1) is 0 Å². The Hall–Kier alpha value is -4.26. The van der Waals surface area contributed by atoms with Crippen molar-refractivity contribution in [3.8, 4) is 11.1 Å². The van der Waals surface area contributed by atoms with Gasteiger partial charge in [-0.15, -0.1) is 9.13 Å². The molecule has 10 rings (SSSR count). The van der Waals surface area contributed by atoms with E-state index >= 15 is 0 Å². The van der Waals surface area contributed by atoms with E-state index in [0.717, 1.165) is 31.5 Å². The molecule has 6 nitrogen and oxygen atoms in total. The second-order valence-corrected chi connectivity index (χ2v) is 12.4. The standard InChI is InChI=1S/C35H30N6/c1-3-18-14-38-16-22-12-20-6-8-24-25-9-7-21-13-23-17-39-15-19(4-2)30(23)35(37)32(21)27(25)28-26(24)31(20)34(36,29(18)22)40-10-5-11-41(35)33(28)40/h5-11,14-17,28H,3-4,12-13,36-37H2,1-2H3/q+2. The Morgan fingerprint density at radius 2 is 1.17 bits per heavy atom. The lowest BCUT2D eigenvalue weighted by molar-refractivity contribution is -0.881. The Morgan fingerprint density at radius 1 is 0.683 bits per heavy atom. The molecular weight excluding hydrogens is 504 g/mol. The van der Waals surface area contributed by atoms with Crippen molar-refractivity contribution in [1.82, 2.24) is 9.97 Å². The van der Waals surface area contributed by atoms with E-state index < -0.39 is 11.3 Å². The summed E-state index contributed by atoms with van der Waals surface area (Å²) in [6.45, 7) is 4.41. The van der Waals surface area contributed by atoms with E-state index in [9.17, 15) is 0 Å². The molecule has 0 spiro atoms. The molecule has 41 heavy (non-hydrogen) atoms. The first-order valence-corrected chi connectivity index (χ1v) is 14.8. The highest BCUT2D eigenvalue weighted by Gasteiger charge is 2.68. The number of hydrogen-bond donors (Lipinski definition) is 2. The third-order valence-electron chi connectivity index (χ3n) is 10.8. The Morgan fingerprint density at radius 3 is 1.63 bits per heavy atom. The first-order chi connectivity index (χ1) is 20.0. The highest BCUT2D eigenvalue weighted by molar-refractivity contribution is 5.86. The van der Waals surface area contributed by atoms with Crippen molar-refractivity contribution in [2.75, 3.05) is 0 Å². The summed E-state index contributed by atoms with van der Waals surface area (Å²) in [5.41, 5.74) is 31.8. The summed E-state index contributed by atoms with van der Waals surface area (Å²) in [5, 5.41) is 0. The van der Waals surface area contributed by atoms with Crippen molar-refractivity contribution in [2.24, 2.45) is 11.5 Å². The second-order valence-electron chi connectivity index (χ2n) is 12.4. The summed E-state index contributed by atoms with van der Waals surface area (Å²) in [7, 11) is 0. The van der Waals surface area contributed by atoms with Gasteiger partial charge in [-0.1, -0.05) is 38.1 Å². The molecule has 3 aliphatic carbocycles. The number of rotatable bonds is 2. The molecule has 0 saturated heterocycles. The van der Waals surface area contributed by atoms with E-state index in [1.54, 1.807) is 0 Å². The summed E-state index contributed by atoms with van der Waals surface area (Å²) in [5.74, 6) is 1.24. The van der Waals surface area contributed by atoms with Crippen LogP contribution in [0.25, 0.3) is 11.1 Å². The van der Waals surface area contributed by atoms with Crippen LogP contribution in [0.4, 0.5) is 0 Å². The van der Waals surface area contributed by atoms with Crippen LogP contribution in [0.5, 0.6) is 0 Å². The maximum Gasteiger partial charge on any atom is 0.434 e. The monoisotopic (exact) mass is 534 g/mol. The van der Waals surface area contributed by atoms with Crippen LogP contribution < -0.4 is 20.6 Å². The summed E-state index contributed by atoms with van der Waals surface area (Å²) < 4.78 is 4.73. The largest absolute Gasteiger partial charge is 0.434 e. The lowest BCUT2D eigenvalue weighted by Gasteiger charge is -2.43. The van der Waals surface area contributed by atoms with Gasteiger partial charge in [0.25, 0.3) is 11.3 Å². The van der Waals surface area contributed by atoms with Crippen LogP contribution in [-0.4, -0.2) is 9.97 Å². The average molecular weight is 535 g/mol. The first kappa shape index (κ1) is 22.4. The normalized spacial score (nSPS) is 24.0. The smallest absolute Gasteiger partial charge is 0.264 e. The molecule has 5 heterocycles. The Labute approximate surface area is 238 Å². The number of aryl methyl sites for hydroxylation is 2.